The fraction of sp³-hybridized carbons (Fsp3) is 0.192. The van der Waals surface area contributed by atoms with Gasteiger partial charge in [-0.3, -0.25) is 0 Å². The van der Waals surface area contributed by atoms with E-state index in [0.29, 0.717) is 0 Å². The van der Waals surface area contributed by atoms with Crippen LogP contribution in [0.3, 0.4) is 0 Å². The first kappa shape index (κ1) is 33.7. The third-order valence-electron chi connectivity index (χ3n) is 12.2. The van der Waals surface area contributed by atoms with E-state index in [2.05, 4.69) is 192 Å². The van der Waals surface area contributed by atoms with Crippen LogP contribution in [0.5, 0.6) is 0 Å². The summed E-state index contributed by atoms with van der Waals surface area (Å²) in [6, 6.07) is 48.0. The minimum Gasteiger partial charge on any atom is -0.354 e. The quantitative estimate of drug-likeness (QED) is 0.176. The first-order valence-electron chi connectivity index (χ1n) is 19.8. The molecule has 1 aliphatic rings. The van der Waals surface area contributed by atoms with Crippen LogP contribution in [-0.4, -0.2) is 16.8 Å². The Balaban J connectivity index is 1.31. The summed E-state index contributed by atoms with van der Waals surface area (Å²) in [5, 5.41) is 5.23. The second-order valence-corrected chi connectivity index (χ2v) is 18.1. The topological polar surface area (TPSA) is 20.7 Å². The molecule has 0 aliphatic carbocycles. The van der Waals surface area contributed by atoms with Gasteiger partial charge in [0.15, 0.2) is 7.28 Å². The first-order valence-corrected chi connectivity index (χ1v) is 19.8. The second kappa shape index (κ2) is 11.9. The number of hydrogen-bond donors (Lipinski definition) is 1. The van der Waals surface area contributed by atoms with E-state index in [9.17, 15) is 0 Å². The fourth-order valence-corrected chi connectivity index (χ4v) is 9.41. The summed E-state index contributed by atoms with van der Waals surface area (Å²) in [5.74, 6) is 0. The lowest BCUT2D eigenvalue weighted by molar-refractivity contribution is 0.590. The van der Waals surface area contributed by atoms with E-state index >= 15 is 0 Å². The van der Waals surface area contributed by atoms with Crippen LogP contribution in [0.25, 0.3) is 82.7 Å². The highest BCUT2D eigenvalue weighted by Crippen LogP contribution is 2.43. The van der Waals surface area contributed by atoms with Crippen LogP contribution in [-0.2, 0) is 10.8 Å². The van der Waals surface area contributed by atoms with Crippen molar-refractivity contribution in [2.45, 2.75) is 66.2 Å². The van der Waals surface area contributed by atoms with Crippen molar-refractivity contribution >= 4 is 61.8 Å². The third-order valence-corrected chi connectivity index (χ3v) is 12.2. The van der Waals surface area contributed by atoms with Crippen LogP contribution in [0.1, 0.15) is 63.8 Å². The van der Waals surface area contributed by atoms with Gasteiger partial charge < -0.3 is 9.55 Å². The van der Waals surface area contributed by atoms with Gasteiger partial charge >= 0.3 is 0 Å². The lowest BCUT2D eigenvalue weighted by Gasteiger charge is -2.28. The minimum atomic E-state index is 0.0194. The van der Waals surface area contributed by atoms with Crippen molar-refractivity contribution in [1.29, 1.82) is 0 Å². The summed E-state index contributed by atoms with van der Waals surface area (Å²) >= 11 is 0. The molecule has 2 nitrogen and oxygen atoms in total. The van der Waals surface area contributed by atoms with Crippen molar-refractivity contribution < 1.29 is 0 Å². The van der Waals surface area contributed by atoms with Crippen molar-refractivity contribution in [2.75, 3.05) is 0 Å². The van der Waals surface area contributed by atoms with E-state index in [1.807, 2.05) is 0 Å². The maximum Gasteiger partial charge on any atom is 0.198 e. The first-order chi connectivity index (χ1) is 26.3. The Hall–Kier alpha value is -5.80. The Morgan fingerprint density at radius 2 is 1.18 bits per heavy atom. The number of aromatic amines is 1. The van der Waals surface area contributed by atoms with E-state index in [1.165, 1.54) is 110 Å². The number of rotatable bonds is 3. The molecule has 1 aliphatic heterocycles. The highest BCUT2D eigenvalue weighted by molar-refractivity contribution is 6.73. The highest BCUT2D eigenvalue weighted by Gasteiger charge is 2.31. The number of hydrogen-bond acceptors (Lipinski definition) is 0. The molecule has 9 aromatic rings. The Labute approximate surface area is 325 Å². The molecule has 3 heterocycles. The smallest absolute Gasteiger partial charge is 0.198 e. The standard InChI is InChI=1S/C52H47BN2/c1-30-23-31(2)49-47(53-43-29-37(52(6,7)8)28-41-39-27-36(51(3,4)5)20-22-45(39)55(49)50(41)43)46(30)42-26-35(33-17-13-10-14-18-33)25-40-38-24-34(32-15-11-9-12-16-32)19-21-44(38)54-48(40)42/h9-29,53-54H,1-8H3. The fourth-order valence-electron chi connectivity index (χ4n) is 9.41. The molecule has 3 heteroatoms. The Morgan fingerprint density at radius 3 is 1.87 bits per heavy atom. The van der Waals surface area contributed by atoms with Crippen LogP contribution >= 0.6 is 0 Å². The number of H-pyrrole nitrogens is 1. The number of fused-ring (bicyclic) bond motifs is 8. The molecule has 2 aromatic heterocycles. The predicted molar refractivity (Wildman–Crippen MR) is 240 cm³/mol. The molecule has 0 amide bonds. The maximum absolute atomic E-state index is 3.96. The van der Waals surface area contributed by atoms with Gasteiger partial charge in [-0.1, -0.05) is 132 Å². The Kier molecular flexibility index (Phi) is 7.27. The molecular formula is C52H47BN2. The molecule has 0 radical (unpaired) electrons. The van der Waals surface area contributed by atoms with E-state index in [-0.39, 0.29) is 10.8 Å². The largest absolute Gasteiger partial charge is 0.354 e. The van der Waals surface area contributed by atoms with Gasteiger partial charge in [-0.15, -0.1) is 0 Å². The van der Waals surface area contributed by atoms with Crippen molar-refractivity contribution in [3.05, 3.63) is 150 Å². The Morgan fingerprint density at radius 1 is 0.527 bits per heavy atom. The molecule has 0 fully saturated rings. The van der Waals surface area contributed by atoms with Gasteiger partial charge in [0.1, 0.15) is 0 Å². The van der Waals surface area contributed by atoms with Crippen molar-refractivity contribution in [3.63, 3.8) is 0 Å². The van der Waals surface area contributed by atoms with Crippen LogP contribution < -0.4 is 10.9 Å². The monoisotopic (exact) mass is 710 g/mol. The lowest BCUT2D eigenvalue weighted by atomic mass is 9.57. The Bertz CT molecular complexity index is 3020. The molecule has 0 unspecified atom stereocenters. The zero-order chi connectivity index (χ0) is 38.0. The lowest BCUT2D eigenvalue weighted by Crippen LogP contribution is -2.39. The third kappa shape index (κ3) is 5.24. The van der Waals surface area contributed by atoms with E-state index in [0.717, 1.165) is 12.8 Å². The summed E-state index contributed by atoms with van der Waals surface area (Å²) in [4.78, 5) is 3.96. The van der Waals surface area contributed by atoms with Crippen molar-refractivity contribution in [1.82, 2.24) is 9.55 Å². The number of nitrogens with zero attached hydrogens (tertiary/aromatic N) is 1. The van der Waals surface area contributed by atoms with Gasteiger partial charge in [0, 0.05) is 43.8 Å². The molecular weight excluding hydrogens is 663 g/mol. The molecule has 0 spiro atoms. The van der Waals surface area contributed by atoms with E-state index in [1.54, 1.807) is 0 Å². The highest BCUT2D eigenvalue weighted by atomic mass is 15.0. The average molecular weight is 711 g/mol. The number of benzene rings is 7. The molecule has 0 bridgehead atoms. The van der Waals surface area contributed by atoms with Gasteiger partial charge in [-0.05, 0) is 123 Å². The summed E-state index contributed by atoms with van der Waals surface area (Å²) in [6.07, 6.45) is 0. The molecule has 268 valence electrons. The SMILES string of the molecule is Cc1cc(C)c2c(c1-c1cc(-c3ccccc3)cc3c1[nH]c1ccc(-c4ccccc4)cc13)Bc1cc(C(C)(C)C)cc3c4cc(C(C)(C)C)ccc4n-2c13. The van der Waals surface area contributed by atoms with Gasteiger partial charge in [0.25, 0.3) is 0 Å². The second-order valence-electron chi connectivity index (χ2n) is 18.1. The zero-order valence-electron chi connectivity index (χ0n) is 33.3. The van der Waals surface area contributed by atoms with Gasteiger partial charge in [0.2, 0.25) is 0 Å². The van der Waals surface area contributed by atoms with Gasteiger partial charge in [-0.25, -0.2) is 0 Å². The molecule has 0 saturated carbocycles. The molecule has 0 atom stereocenters. The molecule has 7 aromatic carbocycles. The van der Waals surface area contributed by atoms with Crippen molar-refractivity contribution in [3.8, 4) is 39.1 Å². The summed E-state index contributed by atoms with van der Waals surface area (Å²) in [6.45, 7) is 18.6. The van der Waals surface area contributed by atoms with Crippen molar-refractivity contribution in [2.24, 2.45) is 0 Å². The van der Waals surface area contributed by atoms with Gasteiger partial charge in [-0.2, -0.15) is 0 Å². The summed E-state index contributed by atoms with van der Waals surface area (Å²) in [7, 11) is 0.880. The normalized spacial score (nSPS) is 12.9. The molecule has 10 rings (SSSR count). The van der Waals surface area contributed by atoms with Gasteiger partial charge in [0.05, 0.1) is 11.0 Å². The number of aromatic nitrogens is 2. The van der Waals surface area contributed by atoms with E-state index in [4.69, 9.17) is 0 Å². The van der Waals surface area contributed by atoms with Crippen LogP contribution in [0.15, 0.2) is 127 Å². The van der Waals surface area contributed by atoms with Crippen LogP contribution in [0.4, 0.5) is 0 Å². The van der Waals surface area contributed by atoms with E-state index < -0.39 is 0 Å². The van der Waals surface area contributed by atoms with Crippen LogP contribution in [0.2, 0.25) is 0 Å². The average Bonchev–Trinajstić information content (AvgIpc) is 3.70. The zero-order valence-corrected chi connectivity index (χ0v) is 33.3. The maximum atomic E-state index is 3.96. The van der Waals surface area contributed by atoms with Crippen LogP contribution in [0, 0.1) is 13.8 Å². The molecule has 55 heavy (non-hydrogen) atoms. The molecule has 1 N–H and O–H groups in total. The predicted octanol–water partition coefficient (Wildman–Crippen LogP) is 12.3. The number of nitrogens with one attached hydrogen (secondary N) is 1. The minimum absolute atomic E-state index is 0.0194. The summed E-state index contributed by atoms with van der Waals surface area (Å²) < 4.78 is 2.62. The molecule has 0 saturated heterocycles. The summed E-state index contributed by atoms with van der Waals surface area (Å²) in [5.41, 5.74) is 22.2. The number of aryl methyl sites for hydroxylation is 2.